The third-order valence-electron chi connectivity index (χ3n) is 4.54. The molecule has 2 atom stereocenters. The van der Waals surface area contributed by atoms with Gasteiger partial charge in [0.2, 0.25) is 15.9 Å². The number of carbonyl (C=O) groups excluding carboxylic acids is 1. The van der Waals surface area contributed by atoms with Crippen molar-refractivity contribution < 1.29 is 22.0 Å². The number of nitrogens with zero attached hydrogens (tertiary/aromatic N) is 1. The van der Waals surface area contributed by atoms with Crippen molar-refractivity contribution in [2.45, 2.75) is 23.4 Å². The van der Waals surface area contributed by atoms with Crippen molar-refractivity contribution in [3.63, 3.8) is 0 Å². The molecule has 0 spiro atoms. The number of benzene rings is 2. The van der Waals surface area contributed by atoms with Crippen molar-refractivity contribution in [3.8, 4) is 0 Å². The molecule has 2 heterocycles. The fourth-order valence-electron chi connectivity index (χ4n) is 3.45. The highest BCUT2D eigenvalue weighted by molar-refractivity contribution is 7.89. The maximum Gasteiger partial charge on any atom is 0.247 e. The molecule has 0 bridgehead atoms. The molecule has 1 fully saturated rings. The van der Waals surface area contributed by atoms with Gasteiger partial charge in [-0.25, -0.2) is 21.9 Å². The number of hydrogen-bond donors (Lipinski definition) is 2. The molecule has 0 radical (unpaired) electrons. The van der Waals surface area contributed by atoms with E-state index >= 15 is 0 Å². The van der Waals surface area contributed by atoms with E-state index in [1.165, 1.54) is 0 Å². The highest BCUT2D eigenvalue weighted by atomic mass is 32.2. The Morgan fingerprint density at radius 1 is 1.12 bits per heavy atom. The number of amides is 1. The standard InChI is InChI=1S/C17H15F2N3O3S/c18-10-5-11(19)7-13(6-10)26(24,25)21-12-8-16-17(23)20-14-3-1-2-4-15(14)22(16)9-12/h1-7,12,16,21H,8-9H2,(H,20,23). The first kappa shape index (κ1) is 16.9. The van der Waals surface area contributed by atoms with Gasteiger partial charge in [0, 0.05) is 18.7 Å². The van der Waals surface area contributed by atoms with E-state index in [0.29, 0.717) is 11.8 Å². The lowest BCUT2D eigenvalue weighted by atomic mass is 10.1. The van der Waals surface area contributed by atoms with Crippen LogP contribution in [0.4, 0.5) is 20.2 Å². The summed E-state index contributed by atoms with van der Waals surface area (Å²) >= 11 is 0. The summed E-state index contributed by atoms with van der Waals surface area (Å²) in [4.78, 5) is 13.6. The molecule has 0 aliphatic carbocycles. The van der Waals surface area contributed by atoms with Crippen molar-refractivity contribution in [1.82, 2.24) is 4.72 Å². The van der Waals surface area contributed by atoms with Crippen molar-refractivity contribution in [1.29, 1.82) is 0 Å². The minimum Gasteiger partial charge on any atom is -0.356 e. The lowest BCUT2D eigenvalue weighted by Crippen LogP contribution is -2.44. The Labute approximate surface area is 148 Å². The molecule has 26 heavy (non-hydrogen) atoms. The normalized spacial score (nSPS) is 21.9. The average Bonchev–Trinajstić information content (AvgIpc) is 2.98. The SMILES string of the molecule is O=C1Nc2ccccc2N2CC(NS(=O)(=O)c3cc(F)cc(F)c3)CC12. The largest absolute Gasteiger partial charge is 0.356 e. The van der Waals surface area contributed by atoms with E-state index in [1.807, 2.05) is 17.0 Å². The first-order chi connectivity index (χ1) is 12.3. The number of fused-ring (bicyclic) bond motifs is 3. The molecule has 1 saturated heterocycles. The number of halogens is 2. The number of sulfonamides is 1. The second kappa shape index (κ2) is 6.03. The molecule has 6 nitrogen and oxygen atoms in total. The molecular formula is C17H15F2N3O3S. The predicted octanol–water partition coefficient (Wildman–Crippen LogP) is 1.84. The van der Waals surface area contributed by atoms with Crippen LogP contribution in [0.15, 0.2) is 47.4 Å². The molecule has 2 unspecified atom stereocenters. The zero-order valence-corrected chi connectivity index (χ0v) is 14.3. The van der Waals surface area contributed by atoms with Crippen LogP contribution < -0.4 is 14.9 Å². The Kier molecular flexibility index (Phi) is 3.92. The summed E-state index contributed by atoms with van der Waals surface area (Å²) in [6.07, 6.45) is 0.261. The zero-order chi connectivity index (χ0) is 18.5. The van der Waals surface area contributed by atoms with Crippen LogP contribution in [-0.2, 0) is 14.8 Å². The van der Waals surface area contributed by atoms with Gasteiger partial charge in [-0.3, -0.25) is 4.79 Å². The first-order valence-corrected chi connectivity index (χ1v) is 9.47. The van der Waals surface area contributed by atoms with Gasteiger partial charge in [-0.15, -0.1) is 0 Å². The van der Waals surface area contributed by atoms with Gasteiger partial charge in [-0.2, -0.15) is 0 Å². The Bertz CT molecular complexity index is 976. The van der Waals surface area contributed by atoms with E-state index in [9.17, 15) is 22.0 Å². The lowest BCUT2D eigenvalue weighted by molar-refractivity contribution is -0.117. The summed E-state index contributed by atoms with van der Waals surface area (Å²) in [6, 6.07) is 8.32. The smallest absolute Gasteiger partial charge is 0.247 e. The highest BCUT2D eigenvalue weighted by Crippen LogP contribution is 2.36. The number of rotatable bonds is 3. The van der Waals surface area contributed by atoms with Gasteiger partial charge in [0.1, 0.15) is 17.7 Å². The summed E-state index contributed by atoms with van der Waals surface area (Å²) in [5, 5.41) is 2.80. The second-order valence-electron chi connectivity index (χ2n) is 6.33. The van der Waals surface area contributed by atoms with E-state index < -0.39 is 38.6 Å². The minimum atomic E-state index is -4.11. The Balaban J connectivity index is 1.59. The third kappa shape index (κ3) is 2.93. The predicted molar refractivity (Wildman–Crippen MR) is 91.3 cm³/mol. The van der Waals surface area contributed by atoms with Gasteiger partial charge in [-0.05, 0) is 30.7 Å². The molecule has 0 aromatic heterocycles. The van der Waals surface area contributed by atoms with Gasteiger partial charge in [0.15, 0.2) is 0 Å². The van der Waals surface area contributed by atoms with Crippen LogP contribution in [0.25, 0.3) is 0 Å². The summed E-state index contributed by atoms with van der Waals surface area (Å²) < 4.78 is 54.0. The highest BCUT2D eigenvalue weighted by Gasteiger charge is 2.42. The first-order valence-electron chi connectivity index (χ1n) is 7.98. The minimum absolute atomic E-state index is 0.206. The van der Waals surface area contributed by atoms with E-state index in [-0.39, 0.29) is 18.9 Å². The molecule has 2 aromatic rings. The topological polar surface area (TPSA) is 78.5 Å². The molecule has 2 aliphatic heterocycles. The van der Waals surface area contributed by atoms with E-state index in [1.54, 1.807) is 12.1 Å². The quantitative estimate of drug-likeness (QED) is 0.853. The van der Waals surface area contributed by atoms with E-state index in [2.05, 4.69) is 10.0 Å². The zero-order valence-electron chi connectivity index (χ0n) is 13.4. The number of nitrogens with one attached hydrogen (secondary N) is 2. The summed E-state index contributed by atoms with van der Waals surface area (Å²) in [5.41, 5.74) is 1.49. The van der Waals surface area contributed by atoms with Crippen LogP contribution in [0.2, 0.25) is 0 Å². The third-order valence-corrected chi connectivity index (χ3v) is 6.04. The number of para-hydroxylation sites is 2. The van der Waals surface area contributed by atoms with Crippen molar-refractivity contribution >= 4 is 27.3 Å². The Hall–Kier alpha value is -2.52. The van der Waals surface area contributed by atoms with Crippen LogP contribution in [0.5, 0.6) is 0 Å². The maximum absolute atomic E-state index is 13.3. The molecule has 1 amide bonds. The van der Waals surface area contributed by atoms with E-state index in [4.69, 9.17) is 0 Å². The van der Waals surface area contributed by atoms with Gasteiger partial charge in [-0.1, -0.05) is 12.1 Å². The summed E-state index contributed by atoms with van der Waals surface area (Å²) in [6.45, 7) is 0.284. The Morgan fingerprint density at radius 3 is 2.54 bits per heavy atom. The number of carbonyl (C=O) groups is 1. The van der Waals surface area contributed by atoms with Crippen LogP contribution in [-0.4, -0.2) is 33.0 Å². The van der Waals surface area contributed by atoms with Gasteiger partial charge in [0.05, 0.1) is 16.3 Å². The maximum atomic E-state index is 13.3. The average molecular weight is 379 g/mol. The molecule has 4 rings (SSSR count). The lowest BCUT2D eigenvalue weighted by Gasteiger charge is -2.32. The van der Waals surface area contributed by atoms with Gasteiger partial charge in [0.25, 0.3) is 0 Å². The molecule has 9 heteroatoms. The fraction of sp³-hybridized carbons (Fsp3) is 0.235. The van der Waals surface area contributed by atoms with Crippen molar-refractivity contribution in [2.24, 2.45) is 0 Å². The Morgan fingerprint density at radius 2 is 1.81 bits per heavy atom. The summed E-state index contributed by atoms with van der Waals surface area (Å²) in [5.74, 6) is -2.15. The van der Waals surface area contributed by atoms with Crippen LogP contribution in [0.3, 0.4) is 0 Å². The van der Waals surface area contributed by atoms with Gasteiger partial charge >= 0.3 is 0 Å². The van der Waals surface area contributed by atoms with E-state index in [0.717, 1.165) is 17.8 Å². The molecular weight excluding hydrogens is 364 g/mol. The monoisotopic (exact) mass is 379 g/mol. The van der Waals surface area contributed by atoms with Crippen LogP contribution >= 0.6 is 0 Å². The fourth-order valence-corrected chi connectivity index (χ4v) is 4.73. The molecule has 2 N–H and O–H groups in total. The molecule has 2 aliphatic rings. The number of anilines is 2. The van der Waals surface area contributed by atoms with Crippen LogP contribution in [0, 0.1) is 11.6 Å². The molecule has 136 valence electrons. The second-order valence-corrected chi connectivity index (χ2v) is 8.05. The molecule has 2 aromatic carbocycles. The van der Waals surface area contributed by atoms with Gasteiger partial charge < -0.3 is 10.2 Å². The molecule has 0 saturated carbocycles. The number of hydrogen-bond acceptors (Lipinski definition) is 4. The van der Waals surface area contributed by atoms with Crippen molar-refractivity contribution in [2.75, 3.05) is 16.8 Å². The van der Waals surface area contributed by atoms with Crippen molar-refractivity contribution in [3.05, 3.63) is 54.1 Å². The summed E-state index contributed by atoms with van der Waals surface area (Å²) in [7, 11) is -4.11. The van der Waals surface area contributed by atoms with Crippen LogP contribution in [0.1, 0.15) is 6.42 Å².